The molecule has 1 aliphatic rings. The molecule has 0 aromatic carbocycles. The number of ether oxygens (including phenoxy) is 1. The summed E-state index contributed by atoms with van der Waals surface area (Å²) in [6.07, 6.45) is 4.54. The van der Waals surface area contributed by atoms with E-state index in [9.17, 15) is 0 Å². The van der Waals surface area contributed by atoms with Crippen LogP contribution < -0.4 is 4.90 Å². The number of aromatic nitrogens is 1. The molecule has 1 fully saturated rings. The highest BCUT2D eigenvalue weighted by Gasteiger charge is 2.18. The fourth-order valence-electron chi connectivity index (χ4n) is 2.28. The number of pyridine rings is 1. The molecule has 17 heavy (non-hydrogen) atoms. The molecule has 0 amide bonds. The van der Waals surface area contributed by atoms with Crippen LogP contribution in [0.3, 0.4) is 0 Å². The quantitative estimate of drug-likeness (QED) is 0.773. The van der Waals surface area contributed by atoms with Gasteiger partial charge in [-0.3, -0.25) is 0 Å². The Morgan fingerprint density at radius 1 is 1.59 bits per heavy atom. The molecule has 2 rings (SSSR count). The summed E-state index contributed by atoms with van der Waals surface area (Å²) in [6.45, 7) is 3.88. The van der Waals surface area contributed by atoms with E-state index in [2.05, 4.69) is 29.9 Å². The monoisotopic (exact) mass is 254 g/mol. The molecular formula is C13H19ClN2O. The summed E-state index contributed by atoms with van der Waals surface area (Å²) in [5.41, 5.74) is 2.24. The number of alkyl halides is 1. The van der Waals surface area contributed by atoms with E-state index in [4.69, 9.17) is 16.3 Å². The van der Waals surface area contributed by atoms with Gasteiger partial charge in [-0.05, 0) is 37.0 Å². The maximum atomic E-state index is 5.79. The van der Waals surface area contributed by atoms with Crippen LogP contribution in [-0.4, -0.2) is 31.3 Å². The van der Waals surface area contributed by atoms with Crippen LogP contribution in [0.2, 0.25) is 0 Å². The molecule has 1 aromatic rings. The Morgan fingerprint density at radius 2 is 2.41 bits per heavy atom. The van der Waals surface area contributed by atoms with Gasteiger partial charge in [0.05, 0.1) is 6.10 Å². The minimum absolute atomic E-state index is 0.355. The molecule has 0 spiro atoms. The van der Waals surface area contributed by atoms with E-state index in [0.29, 0.717) is 12.0 Å². The molecule has 2 heterocycles. The third-order valence-electron chi connectivity index (χ3n) is 3.12. The molecule has 1 unspecified atom stereocenters. The second-order valence-corrected chi connectivity index (χ2v) is 4.90. The lowest BCUT2D eigenvalue weighted by Gasteiger charge is -2.23. The Labute approximate surface area is 108 Å². The van der Waals surface area contributed by atoms with Gasteiger partial charge in [0.25, 0.3) is 0 Å². The number of anilines is 1. The summed E-state index contributed by atoms with van der Waals surface area (Å²) in [5, 5.41) is 0. The van der Waals surface area contributed by atoms with Crippen molar-refractivity contribution in [2.75, 3.05) is 25.1 Å². The Morgan fingerprint density at radius 3 is 3.00 bits per heavy atom. The summed E-state index contributed by atoms with van der Waals surface area (Å²) >= 11 is 5.79. The molecule has 1 atom stereocenters. The van der Waals surface area contributed by atoms with Crippen LogP contribution >= 0.6 is 11.6 Å². The Kier molecular flexibility index (Phi) is 4.24. The molecule has 0 radical (unpaired) electrons. The molecule has 4 heteroatoms. The lowest BCUT2D eigenvalue weighted by atomic mass is 10.2. The van der Waals surface area contributed by atoms with E-state index in [1.54, 1.807) is 0 Å². The SMILES string of the molecule is Cc1cc(CCl)cnc1N(C)CC1CCCO1. The Bertz CT molecular complexity index is 378. The second kappa shape index (κ2) is 5.69. The fraction of sp³-hybridized carbons (Fsp3) is 0.615. The smallest absolute Gasteiger partial charge is 0.131 e. The highest BCUT2D eigenvalue weighted by Crippen LogP contribution is 2.20. The largest absolute Gasteiger partial charge is 0.376 e. The second-order valence-electron chi connectivity index (χ2n) is 4.63. The first-order chi connectivity index (χ1) is 8.20. The third kappa shape index (κ3) is 3.11. The van der Waals surface area contributed by atoms with Crippen LogP contribution in [0, 0.1) is 6.92 Å². The minimum Gasteiger partial charge on any atom is -0.376 e. The summed E-state index contributed by atoms with van der Waals surface area (Å²) < 4.78 is 5.64. The highest BCUT2D eigenvalue weighted by atomic mass is 35.5. The van der Waals surface area contributed by atoms with Crippen molar-refractivity contribution in [3.05, 3.63) is 23.4 Å². The zero-order chi connectivity index (χ0) is 12.3. The van der Waals surface area contributed by atoms with Crippen LogP contribution in [0.15, 0.2) is 12.3 Å². The predicted molar refractivity (Wildman–Crippen MR) is 70.8 cm³/mol. The first-order valence-electron chi connectivity index (χ1n) is 6.05. The van der Waals surface area contributed by atoms with E-state index in [1.807, 2.05) is 6.20 Å². The van der Waals surface area contributed by atoms with Crippen molar-refractivity contribution in [3.63, 3.8) is 0 Å². The first-order valence-corrected chi connectivity index (χ1v) is 6.58. The maximum absolute atomic E-state index is 5.79. The maximum Gasteiger partial charge on any atom is 0.131 e. The molecule has 1 aliphatic heterocycles. The lowest BCUT2D eigenvalue weighted by Crippen LogP contribution is -2.29. The molecular weight excluding hydrogens is 236 g/mol. The van der Waals surface area contributed by atoms with Crippen LogP contribution in [0.25, 0.3) is 0 Å². The highest BCUT2D eigenvalue weighted by molar-refractivity contribution is 6.17. The Balaban J connectivity index is 2.04. The average molecular weight is 255 g/mol. The molecule has 3 nitrogen and oxygen atoms in total. The number of halogens is 1. The molecule has 0 bridgehead atoms. The molecule has 0 N–H and O–H groups in total. The van der Waals surface area contributed by atoms with Gasteiger partial charge in [-0.15, -0.1) is 11.6 Å². The van der Waals surface area contributed by atoms with Crippen LogP contribution in [0.5, 0.6) is 0 Å². The van der Waals surface area contributed by atoms with Gasteiger partial charge in [-0.25, -0.2) is 4.98 Å². The number of aryl methyl sites for hydroxylation is 1. The van der Waals surface area contributed by atoms with Gasteiger partial charge in [-0.1, -0.05) is 0 Å². The van der Waals surface area contributed by atoms with E-state index in [-0.39, 0.29) is 0 Å². The van der Waals surface area contributed by atoms with Crippen molar-refractivity contribution in [2.45, 2.75) is 31.7 Å². The van der Waals surface area contributed by atoms with Gasteiger partial charge in [0.1, 0.15) is 5.82 Å². The van der Waals surface area contributed by atoms with Crippen molar-refractivity contribution >= 4 is 17.4 Å². The van der Waals surface area contributed by atoms with E-state index >= 15 is 0 Å². The predicted octanol–water partition coefficient (Wildman–Crippen LogP) is 2.74. The summed E-state index contributed by atoms with van der Waals surface area (Å²) in [5.74, 6) is 1.54. The van der Waals surface area contributed by atoms with E-state index in [0.717, 1.165) is 31.0 Å². The van der Waals surface area contributed by atoms with Gasteiger partial charge in [-0.2, -0.15) is 0 Å². The van der Waals surface area contributed by atoms with Gasteiger partial charge in [0.15, 0.2) is 0 Å². The van der Waals surface area contributed by atoms with Crippen molar-refractivity contribution in [2.24, 2.45) is 0 Å². The van der Waals surface area contributed by atoms with Crippen LogP contribution in [0.1, 0.15) is 24.0 Å². The number of likely N-dealkylation sites (N-methyl/N-ethyl adjacent to an activating group) is 1. The zero-order valence-corrected chi connectivity index (χ0v) is 11.2. The average Bonchev–Trinajstić information content (AvgIpc) is 2.81. The minimum atomic E-state index is 0.355. The topological polar surface area (TPSA) is 25.4 Å². The number of hydrogen-bond acceptors (Lipinski definition) is 3. The molecule has 94 valence electrons. The van der Waals surface area contributed by atoms with Gasteiger partial charge in [0, 0.05) is 32.3 Å². The van der Waals surface area contributed by atoms with Crippen molar-refractivity contribution < 1.29 is 4.74 Å². The molecule has 1 aromatic heterocycles. The standard InChI is InChI=1S/C13H19ClN2O/c1-10-6-11(7-14)8-15-13(10)16(2)9-12-4-3-5-17-12/h6,8,12H,3-5,7,9H2,1-2H3. The lowest BCUT2D eigenvalue weighted by molar-refractivity contribution is 0.116. The van der Waals surface area contributed by atoms with Crippen molar-refractivity contribution in [3.8, 4) is 0 Å². The number of hydrogen-bond donors (Lipinski definition) is 0. The van der Waals surface area contributed by atoms with Gasteiger partial charge in [0.2, 0.25) is 0 Å². The van der Waals surface area contributed by atoms with Crippen molar-refractivity contribution in [1.82, 2.24) is 4.98 Å². The summed E-state index contributed by atoms with van der Waals surface area (Å²) in [7, 11) is 2.07. The normalized spacial score (nSPS) is 19.6. The molecule has 0 aliphatic carbocycles. The van der Waals surface area contributed by atoms with E-state index in [1.165, 1.54) is 12.0 Å². The van der Waals surface area contributed by atoms with Gasteiger partial charge < -0.3 is 9.64 Å². The zero-order valence-electron chi connectivity index (χ0n) is 10.4. The third-order valence-corrected chi connectivity index (χ3v) is 3.43. The summed E-state index contributed by atoms with van der Waals surface area (Å²) in [6, 6.07) is 2.10. The van der Waals surface area contributed by atoms with Gasteiger partial charge >= 0.3 is 0 Å². The number of nitrogens with zero attached hydrogens (tertiary/aromatic N) is 2. The van der Waals surface area contributed by atoms with E-state index < -0.39 is 0 Å². The van der Waals surface area contributed by atoms with Crippen molar-refractivity contribution in [1.29, 1.82) is 0 Å². The fourth-order valence-corrected chi connectivity index (χ4v) is 2.42. The molecule has 0 saturated carbocycles. The molecule has 1 saturated heterocycles. The van der Waals surface area contributed by atoms with Crippen LogP contribution in [0.4, 0.5) is 5.82 Å². The van der Waals surface area contributed by atoms with Crippen LogP contribution in [-0.2, 0) is 10.6 Å². The number of rotatable bonds is 4. The Hall–Kier alpha value is -0.800. The first kappa shape index (κ1) is 12.7. The summed E-state index contributed by atoms with van der Waals surface area (Å²) in [4.78, 5) is 6.65.